The third-order valence-electron chi connectivity index (χ3n) is 8.59. The molecule has 1 heteroatoms. The molecule has 0 atom stereocenters. The predicted octanol–water partition coefficient (Wildman–Crippen LogP) is 12.7. The zero-order chi connectivity index (χ0) is 42.5. The highest BCUT2D eigenvalue weighted by molar-refractivity contribution is 6.28. The SMILES string of the molecule is [2H]c1c([2H])c([2H])c2c(oc3c(-c4c5c([2H])c([2H])c([2H])c([2H])c5c(-c5ccc6c7ccccc7c7ccccc7c6c5)c5c([2H])c([2H])c([2H])c([2H])c45)c([2H])c([2H])c([2H])c32)c1[2H]. The van der Waals surface area contributed by atoms with Gasteiger partial charge in [0, 0.05) is 21.9 Å². The van der Waals surface area contributed by atoms with Crippen LogP contribution in [0.15, 0.2) is 162 Å². The fraction of sp³-hybridized carbons (Fsp3) is 0. The van der Waals surface area contributed by atoms with Gasteiger partial charge in [-0.05, 0) is 77.1 Å². The molecule has 0 spiro atoms. The van der Waals surface area contributed by atoms with Crippen molar-refractivity contribution in [3.8, 4) is 22.3 Å². The van der Waals surface area contributed by atoms with Gasteiger partial charge in [-0.2, -0.15) is 0 Å². The average Bonchev–Trinajstić information content (AvgIpc) is 3.66. The van der Waals surface area contributed by atoms with E-state index in [-0.39, 0.29) is 60.2 Å². The number of rotatable bonds is 2. The molecule has 208 valence electrons. The predicted molar refractivity (Wildman–Crippen MR) is 192 cm³/mol. The Morgan fingerprint density at radius 1 is 0.378 bits per heavy atom. The Balaban J connectivity index is 1.50. The number of para-hydroxylation sites is 2. The van der Waals surface area contributed by atoms with Gasteiger partial charge in [-0.25, -0.2) is 0 Å². The molecule has 0 saturated heterocycles. The maximum atomic E-state index is 9.45. The van der Waals surface area contributed by atoms with Crippen LogP contribution in [0.25, 0.3) is 98.1 Å². The summed E-state index contributed by atoms with van der Waals surface area (Å²) in [5.41, 5.74) is -1.03. The monoisotopic (exact) mass is 585 g/mol. The van der Waals surface area contributed by atoms with E-state index in [1.807, 2.05) is 60.7 Å². The van der Waals surface area contributed by atoms with Crippen LogP contribution in [-0.2, 0) is 0 Å². The lowest BCUT2D eigenvalue weighted by Gasteiger charge is -2.18. The minimum absolute atomic E-state index is 0.0667. The second kappa shape index (κ2) is 9.29. The molecule has 0 bridgehead atoms. The van der Waals surface area contributed by atoms with E-state index < -0.39 is 90.6 Å². The van der Waals surface area contributed by atoms with Crippen LogP contribution >= 0.6 is 0 Å². The maximum Gasteiger partial charge on any atom is 0.143 e. The topological polar surface area (TPSA) is 13.1 Å². The minimum atomic E-state index is -0.715. The summed E-state index contributed by atoms with van der Waals surface area (Å²) in [7, 11) is 0. The van der Waals surface area contributed by atoms with Gasteiger partial charge in [0.15, 0.2) is 0 Å². The summed E-state index contributed by atoms with van der Waals surface area (Å²) in [6.45, 7) is 0. The minimum Gasteiger partial charge on any atom is -0.455 e. The van der Waals surface area contributed by atoms with Crippen LogP contribution in [0.4, 0.5) is 0 Å². The quantitative estimate of drug-likeness (QED) is 0.145. The van der Waals surface area contributed by atoms with E-state index >= 15 is 0 Å². The summed E-state index contributed by atoms with van der Waals surface area (Å²) < 4.78 is 141. The highest BCUT2D eigenvalue weighted by atomic mass is 16.3. The van der Waals surface area contributed by atoms with Crippen molar-refractivity contribution < 1.29 is 25.0 Å². The molecule has 0 radical (unpaired) electrons. The number of fused-ring (bicyclic) bond motifs is 11. The van der Waals surface area contributed by atoms with Crippen LogP contribution in [0.2, 0.25) is 0 Å². The Hall–Kier alpha value is -5.92. The highest BCUT2D eigenvalue weighted by Crippen LogP contribution is 2.47. The van der Waals surface area contributed by atoms with Gasteiger partial charge in [-0.1, -0.05) is 145 Å². The van der Waals surface area contributed by atoms with E-state index in [0.29, 0.717) is 5.56 Å². The standard InChI is InChI=1S/C44H26O/c1-2-14-30-28(12-1)29-13-3-4-15-31(29)40-26-27(24-25-32(30)40)42-34-17-5-7-19-36(34)43(37-20-8-6-18-35(37)42)39-22-11-21-38-33-16-9-10-23-41(33)45-44(38)39/h1-26H/i5D,6D,7D,8D,9D,10D,11D,16D,17D,18D,19D,20D,21D,22D,23D. The van der Waals surface area contributed by atoms with Crippen LogP contribution in [0.1, 0.15) is 20.6 Å². The van der Waals surface area contributed by atoms with Gasteiger partial charge in [-0.15, -0.1) is 0 Å². The first kappa shape index (κ1) is 14.2. The molecule has 0 aliphatic rings. The zero-order valence-electron chi connectivity index (χ0n) is 38.3. The first-order valence-corrected chi connectivity index (χ1v) is 14.3. The summed E-state index contributed by atoms with van der Waals surface area (Å²) >= 11 is 0. The Morgan fingerprint density at radius 3 is 1.49 bits per heavy atom. The van der Waals surface area contributed by atoms with Crippen LogP contribution in [-0.4, -0.2) is 0 Å². The van der Waals surface area contributed by atoms with Crippen molar-refractivity contribution in [3.05, 3.63) is 157 Å². The van der Waals surface area contributed by atoms with Crippen molar-refractivity contribution in [2.45, 2.75) is 0 Å². The third kappa shape index (κ3) is 3.44. The fourth-order valence-corrected chi connectivity index (χ4v) is 6.73. The van der Waals surface area contributed by atoms with E-state index in [9.17, 15) is 6.85 Å². The van der Waals surface area contributed by atoms with Gasteiger partial charge < -0.3 is 4.42 Å². The number of benzene rings is 9. The molecule has 0 fully saturated rings. The molecule has 1 heterocycles. The second-order valence-electron chi connectivity index (χ2n) is 10.9. The Bertz CT molecular complexity index is 3550. The first-order valence-electron chi connectivity index (χ1n) is 21.8. The van der Waals surface area contributed by atoms with E-state index in [4.69, 9.17) is 18.1 Å². The molecule has 45 heavy (non-hydrogen) atoms. The maximum absolute atomic E-state index is 9.45. The van der Waals surface area contributed by atoms with Crippen molar-refractivity contribution in [3.63, 3.8) is 0 Å². The largest absolute Gasteiger partial charge is 0.455 e. The third-order valence-corrected chi connectivity index (χ3v) is 8.59. The van der Waals surface area contributed by atoms with Gasteiger partial charge in [0.05, 0.1) is 20.6 Å². The van der Waals surface area contributed by atoms with E-state index in [1.54, 1.807) is 6.07 Å². The summed E-state index contributed by atoms with van der Waals surface area (Å²) in [5, 5.41) is 4.12. The van der Waals surface area contributed by atoms with Crippen LogP contribution < -0.4 is 0 Å². The van der Waals surface area contributed by atoms with Crippen molar-refractivity contribution in [1.82, 2.24) is 0 Å². The average molecular weight is 586 g/mol. The van der Waals surface area contributed by atoms with E-state index in [1.165, 1.54) is 0 Å². The molecule has 10 rings (SSSR count). The molecule has 1 aromatic heterocycles. The highest BCUT2D eigenvalue weighted by Gasteiger charge is 2.20. The Labute approximate surface area is 280 Å². The summed E-state index contributed by atoms with van der Waals surface area (Å²) in [4.78, 5) is 0. The van der Waals surface area contributed by atoms with Crippen LogP contribution in [0.5, 0.6) is 0 Å². The molecule has 0 saturated carbocycles. The zero-order valence-corrected chi connectivity index (χ0v) is 23.3. The Morgan fingerprint density at radius 2 is 0.867 bits per heavy atom. The van der Waals surface area contributed by atoms with Crippen molar-refractivity contribution in [2.75, 3.05) is 0 Å². The lowest BCUT2D eigenvalue weighted by atomic mass is 9.84. The van der Waals surface area contributed by atoms with Crippen molar-refractivity contribution in [2.24, 2.45) is 0 Å². The van der Waals surface area contributed by atoms with Crippen LogP contribution in [0.3, 0.4) is 0 Å². The molecular weight excluding hydrogens is 544 g/mol. The Kier molecular flexibility index (Phi) is 2.94. The summed E-state index contributed by atoms with van der Waals surface area (Å²) in [6, 6.07) is 11.7. The molecule has 0 amide bonds. The van der Waals surface area contributed by atoms with E-state index in [0.717, 1.165) is 32.3 Å². The lowest BCUT2D eigenvalue weighted by Crippen LogP contribution is -1.91. The molecule has 0 aliphatic carbocycles. The number of hydrogen-bond acceptors (Lipinski definition) is 1. The van der Waals surface area contributed by atoms with Gasteiger partial charge in [0.1, 0.15) is 11.2 Å². The van der Waals surface area contributed by atoms with E-state index in [2.05, 4.69) is 0 Å². The molecule has 9 aromatic carbocycles. The smallest absolute Gasteiger partial charge is 0.143 e. The fourth-order valence-electron chi connectivity index (χ4n) is 6.73. The molecule has 0 N–H and O–H groups in total. The normalized spacial score (nSPS) is 16.7. The lowest BCUT2D eigenvalue weighted by molar-refractivity contribution is 0.670. The van der Waals surface area contributed by atoms with Gasteiger partial charge >= 0.3 is 0 Å². The summed E-state index contributed by atoms with van der Waals surface area (Å²) in [6.07, 6.45) is 0. The van der Waals surface area contributed by atoms with Gasteiger partial charge in [-0.3, -0.25) is 0 Å². The number of hydrogen-bond donors (Lipinski definition) is 0. The number of furan rings is 1. The molecule has 10 aromatic rings. The van der Waals surface area contributed by atoms with Gasteiger partial charge in [0.25, 0.3) is 0 Å². The van der Waals surface area contributed by atoms with Crippen molar-refractivity contribution >= 4 is 75.8 Å². The molecule has 0 aliphatic heterocycles. The molecule has 1 nitrogen and oxygen atoms in total. The molecular formula is C44H26O. The van der Waals surface area contributed by atoms with Crippen molar-refractivity contribution in [1.29, 1.82) is 0 Å². The summed E-state index contributed by atoms with van der Waals surface area (Å²) in [5.74, 6) is 0. The first-order chi connectivity index (χ1) is 28.6. The molecule has 0 unspecified atom stereocenters. The van der Waals surface area contributed by atoms with Gasteiger partial charge in [0.2, 0.25) is 0 Å². The van der Waals surface area contributed by atoms with Crippen LogP contribution in [0, 0.1) is 0 Å². The second-order valence-corrected chi connectivity index (χ2v) is 10.9.